The molecule has 0 saturated heterocycles. The van der Waals surface area contributed by atoms with Crippen LogP contribution in [0.1, 0.15) is 11.4 Å². The monoisotopic (exact) mass is 439 g/mol. The lowest BCUT2D eigenvalue weighted by atomic mass is 10.2. The third-order valence-corrected chi connectivity index (χ3v) is 6.11. The minimum atomic E-state index is -1.58. The summed E-state index contributed by atoms with van der Waals surface area (Å²) in [5.74, 6) is 0.787. The molecule has 9 nitrogen and oxygen atoms in total. The van der Waals surface area contributed by atoms with Crippen molar-refractivity contribution in [1.29, 1.82) is 0 Å². The number of aromatic nitrogens is 3. The lowest BCUT2D eigenvalue weighted by Gasteiger charge is -2.08. The van der Waals surface area contributed by atoms with Gasteiger partial charge in [0.15, 0.2) is 0 Å². The van der Waals surface area contributed by atoms with Crippen LogP contribution in [0.15, 0.2) is 62.3 Å². The van der Waals surface area contributed by atoms with Crippen LogP contribution in [-0.2, 0) is 23.8 Å². The quantitative estimate of drug-likeness (QED) is 0.519. The molecule has 1 unspecified atom stereocenters. The molecule has 2 aromatic heterocycles. The Bertz CT molecular complexity index is 1270. The zero-order valence-corrected chi connectivity index (χ0v) is 17.4. The molecule has 31 heavy (non-hydrogen) atoms. The van der Waals surface area contributed by atoms with Crippen molar-refractivity contribution in [3.8, 4) is 5.75 Å². The van der Waals surface area contributed by atoms with Gasteiger partial charge in [-0.1, -0.05) is 0 Å². The van der Waals surface area contributed by atoms with Crippen LogP contribution in [0.2, 0.25) is 0 Å². The maximum Gasteiger partial charge on any atom is 0.274 e. The van der Waals surface area contributed by atoms with Crippen molar-refractivity contribution in [2.45, 2.75) is 17.9 Å². The summed E-state index contributed by atoms with van der Waals surface area (Å²) in [4.78, 5) is 22.2. The number of hydrogen-bond donors (Lipinski definition) is 2. The SMILES string of the molecule is N/C=C(\C=NCCO)S(=O)c1ccc2c(=O)n(Cc3ccc4c(n3)CCO4)ncc2c1. The highest BCUT2D eigenvalue weighted by Crippen LogP contribution is 2.23. The first-order chi connectivity index (χ1) is 15.1. The number of benzene rings is 1. The third-order valence-electron chi connectivity index (χ3n) is 4.76. The van der Waals surface area contributed by atoms with E-state index in [-0.39, 0.29) is 25.3 Å². The summed E-state index contributed by atoms with van der Waals surface area (Å²) >= 11 is 0. The van der Waals surface area contributed by atoms with Gasteiger partial charge in [0.1, 0.15) is 5.75 Å². The summed E-state index contributed by atoms with van der Waals surface area (Å²) in [7, 11) is -1.58. The molecule has 10 heteroatoms. The number of aliphatic hydroxyl groups excluding tert-OH is 1. The molecule has 1 aliphatic heterocycles. The summed E-state index contributed by atoms with van der Waals surface area (Å²) in [6, 6.07) is 8.60. The zero-order chi connectivity index (χ0) is 21.8. The molecule has 1 aliphatic rings. The van der Waals surface area contributed by atoms with Gasteiger partial charge in [0, 0.05) is 29.1 Å². The molecular formula is C21H21N5O4S. The van der Waals surface area contributed by atoms with Gasteiger partial charge in [-0.3, -0.25) is 14.8 Å². The minimum absolute atomic E-state index is 0.107. The lowest BCUT2D eigenvalue weighted by Crippen LogP contribution is -2.23. The van der Waals surface area contributed by atoms with E-state index in [4.69, 9.17) is 15.6 Å². The van der Waals surface area contributed by atoms with Crippen LogP contribution >= 0.6 is 0 Å². The van der Waals surface area contributed by atoms with Crippen LogP contribution < -0.4 is 16.0 Å². The van der Waals surface area contributed by atoms with E-state index in [0.717, 1.165) is 23.6 Å². The topological polar surface area (TPSA) is 133 Å². The number of hydrogen-bond acceptors (Lipinski definition) is 8. The van der Waals surface area contributed by atoms with Gasteiger partial charge in [-0.05, 0) is 30.3 Å². The number of aliphatic hydroxyl groups is 1. The summed E-state index contributed by atoms with van der Waals surface area (Å²) in [6.07, 6.45) is 4.92. The number of fused-ring (bicyclic) bond motifs is 2. The fourth-order valence-electron chi connectivity index (χ4n) is 3.24. The van der Waals surface area contributed by atoms with Gasteiger partial charge in [0.05, 0.1) is 65.0 Å². The Labute approximate surface area is 180 Å². The van der Waals surface area contributed by atoms with Gasteiger partial charge in [0.2, 0.25) is 0 Å². The van der Waals surface area contributed by atoms with Crippen LogP contribution in [0.25, 0.3) is 10.8 Å². The van der Waals surface area contributed by atoms with E-state index >= 15 is 0 Å². The van der Waals surface area contributed by atoms with Crippen molar-refractivity contribution in [2.75, 3.05) is 19.8 Å². The van der Waals surface area contributed by atoms with E-state index in [1.165, 1.54) is 17.1 Å². The van der Waals surface area contributed by atoms with E-state index in [1.54, 1.807) is 24.4 Å². The molecule has 0 radical (unpaired) electrons. The van der Waals surface area contributed by atoms with Gasteiger partial charge in [0.25, 0.3) is 5.56 Å². The number of ether oxygens (including phenoxy) is 1. The zero-order valence-electron chi connectivity index (χ0n) is 16.6. The predicted molar refractivity (Wildman–Crippen MR) is 118 cm³/mol. The molecule has 0 fully saturated rings. The van der Waals surface area contributed by atoms with Gasteiger partial charge in [-0.2, -0.15) is 5.10 Å². The molecule has 0 saturated carbocycles. The second-order valence-electron chi connectivity index (χ2n) is 6.80. The van der Waals surface area contributed by atoms with Crippen LogP contribution in [0.3, 0.4) is 0 Å². The molecule has 0 spiro atoms. The molecule has 1 aromatic carbocycles. The highest BCUT2D eigenvalue weighted by atomic mass is 32.2. The second-order valence-corrected chi connectivity index (χ2v) is 8.28. The smallest absolute Gasteiger partial charge is 0.274 e. The van der Waals surface area contributed by atoms with Gasteiger partial charge in [-0.25, -0.2) is 8.89 Å². The highest BCUT2D eigenvalue weighted by Gasteiger charge is 2.15. The van der Waals surface area contributed by atoms with Crippen LogP contribution in [-0.4, -0.2) is 50.1 Å². The van der Waals surface area contributed by atoms with Crippen molar-refractivity contribution in [2.24, 2.45) is 10.7 Å². The van der Waals surface area contributed by atoms with Crippen molar-refractivity contribution in [3.63, 3.8) is 0 Å². The number of nitrogens with zero attached hydrogens (tertiary/aromatic N) is 4. The largest absolute Gasteiger partial charge is 0.491 e. The lowest BCUT2D eigenvalue weighted by molar-refractivity contribution is 0.307. The van der Waals surface area contributed by atoms with Crippen LogP contribution in [0.5, 0.6) is 5.75 Å². The minimum Gasteiger partial charge on any atom is -0.491 e. The first-order valence-electron chi connectivity index (χ1n) is 9.66. The van der Waals surface area contributed by atoms with Gasteiger partial charge >= 0.3 is 0 Å². The fourth-order valence-corrected chi connectivity index (χ4v) is 4.23. The van der Waals surface area contributed by atoms with Gasteiger partial charge < -0.3 is 15.6 Å². The summed E-state index contributed by atoms with van der Waals surface area (Å²) in [5.41, 5.74) is 6.94. The molecule has 0 aliphatic carbocycles. The maximum absolute atomic E-state index is 12.9. The normalized spacial score (nSPS) is 14.7. The molecule has 3 heterocycles. The number of nitrogens with two attached hydrogens (primary N) is 1. The van der Waals surface area contributed by atoms with Crippen molar-refractivity contribution in [3.05, 3.63) is 69.4 Å². The molecule has 0 bridgehead atoms. The van der Waals surface area contributed by atoms with E-state index < -0.39 is 10.8 Å². The Balaban J connectivity index is 1.61. The van der Waals surface area contributed by atoms with Crippen molar-refractivity contribution < 1.29 is 14.1 Å². The van der Waals surface area contributed by atoms with Crippen molar-refractivity contribution >= 4 is 27.8 Å². The number of aliphatic imine (C=N–C) groups is 1. The second kappa shape index (κ2) is 9.19. The first kappa shape index (κ1) is 20.9. The number of rotatable bonds is 7. The summed E-state index contributed by atoms with van der Waals surface area (Å²) in [6.45, 7) is 0.959. The van der Waals surface area contributed by atoms with E-state index in [0.29, 0.717) is 27.2 Å². The molecule has 1 atom stereocenters. The van der Waals surface area contributed by atoms with E-state index in [2.05, 4.69) is 15.1 Å². The Morgan fingerprint density at radius 1 is 1.35 bits per heavy atom. The molecule has 0 amide bonds. The Morgan fingerprint density at radius 3 is 3.03 bits per heavy atom. The average Bonchev–Trinajstić information content (AvgIpc) is 3.26. The summed E-state index contributed by atoms with van der Waals surface area (Å²) < 4.78 is 19.6. The summed E-state index contributed by atoms with van der Waals surface area (Å²) in [5, 5.41) is 14.1. The maximum atomic E-state index is 12.9. The first-order valence-corrected chi connectivity index (χ1v) is 10.8. The Morgan fingerprint density at radius 2 is 2.23 bits per heavy atom. The van der Waals surface area contributed by atoms with Crippen LogP contribution in [0, 0.1) is 0 Å². The Hall–Kier alpha value is -3.37. The highest BCUT2D eigenvalue weighted by molar-refractivity contribution is 7.90. The van der Waals surface area contributed by atoms with Crippen LogP contribution in [0.4, 0.5) is 0 Å². The molecular weight excluding hydrogens is 418 g/mol. The number of allylic oxidation sites excluding steroid dienone is 1. The average molecular weight is 439 g/mol. The fraction of sp³-hybridized carbons (Fsp3) is 0.238. The van der Waals surface area contributed by atoms with E-state index in [1.807, 2.05) is 12.1 Å². The molecule has 4 rings (SSSR count). The standard InChI is InChI=1S/C21H21N5O4S/c22-10-17(12-23-6-7-27)31(29)16-2-3-18-14(9-16)11-24-26(21(18)28)13-15-1-4-20-19(25-15)5-8-30-20/h1-4,9-12,27H,5-8,13,22H2/b17-10+,23-12?. The van der Waals surface area contributed by atoms with Gasteiger partial charge in [-0.15, -0.1) is 0 Å². The Kier molecular flexibility index (Phi) is 6.19. The number of pyridine rings is 1. The molecule has 160 valence electrons. The third kappa shape index (κ3) is 4.39. The molecule has 3 N–H and O–H groups in total. The van der Waals surface area contributed by atoms with E-state index in [9.17, 15) is 9.00 Å². The predicted octanol–water partition coefficient (Wildman–Crippen LogP) is 0.745. The van der Waals surface area contributed by atoms with Crippen molar-refractivity contribution in [1.82, 2.24) is 14.8 Å². The molecule has 3 aromatic rings.